The van der Waals surface area contributed by atoms with Crippen LogP contribution in [0.25, 0.3) is 0 Å². The van der Waals surface area contributed by atoms with Crippen molar-refractivity contribution in [3.63, 3.8) is 0 Å². The molecule has 3 rings (SSSR count). The van der Waals surface area contributed by atoms with E-state index in [0.29, 0.717) is 25.4 Å². The standard InChI is InChI=1S/C13H15NO3S/c15-4-3-13(7-17-8-13)9-1-2-11-10(5-9)14-12(16)6-18-11/h1-2,5,15H,3-4,6-8H2,(H,14,16). The van der Waals surface area contributed by atoms with Gasteiger partial charge in [-0.05, 0) is 24.1 Å². The summed E-state index contributed by atoms with van der Waals surface area (Å²) in [5, 5.41) is 12.1. The van der Waals surface area contributed by atoms with Crippen LogP contribution in [0.1, 0.15) is 12.0 Å². The van der Waals surface area contributed by atoms with Crippen LogP contribution in [0.4, 0.5) is 5.69 Å². The average molecular weight is 265 g/mol. The summed E-state index contributed by atoms with van der Waals surface area (Å²) in [5.41, 5.74) is 1.96. The normalized spacial score (nSPS) is 20.8. The van der Waals surface area contributed by atoms with E-state index in [4.69, 9.17) is 4.74 Å². The van der Waals surface area contributed by atoms with Gasteiger partial charge in [-0.2, -0.15) is 0 Å². The second-order valence-electron chi connectivity index (χ2n) is 4.79. The van der Waals surface area contributed by atoms with E-state index in [1.807, 2.05) is 12.1 Å². The van der Waals surface area contributed by atoms with Gasteiger partial charge in [0.25, 0.3) is 0 Å². The molecule has 1 fully saturated rings. The molecule has 2 aliphatic heterocycles. The molecule has 0 aromatic heterocycles. The third kappa shape index (κ3) is 1.92. The molecule has 1 saturated heterocycles. The molecule has 1 amide bonds. The van der Waals surface area contributed by atoms with Crippen LogP contribution >= 0.6 is 11.8 Å². The zero-order valence-electron chi connectivity index (χ0n) is 9.94. The molecule has 5 heteroatoms. The Kier molecular flexibility index (Phi) is 3.05. The van der Waals surface area contributed by atoms with E-state index in [0.717, 1.165) is 16.1 Å². The van der Waals surface area contributed by atoms with Crippen LogP contribution in [0.5, 0.6) is 0 Å². The van der Waals surface area contributed by atoms with Gasteiger partial charge in [0.1, 0.15) is 0 Å². The van der Waals surface area contributed by atoms with Crippen molar-refractivity contribution in [2.24, 2.45) is 0 Å². The minimum Gasteiger partial charge on any atom is -0.396 e. The van der Waals surface area contributed by atoms with Crippen LogP contribution < -0.4 is 5.32 Å². The molecule has 96 valence electrons. The number of fused-ring (bicyclic) bond motifs is 1. The van der Waals surface area contributed by atoms with Gasteiger partial charge >= 0.3 is 0 Å². The van der Waals surface area contributed by atoms with Crippen LogP contribution in [0.15, 0.2) is 23.1 Å². The first-order valence-electron chi connectivity index (χ1n) is 5.99. The summed E-state index contributed by atoms with van der Waals surface area (Å²) in [4.78, 5) is 12.5. The summed E-state index contributed by atoms with van der Waals surface area (Å²) < 4.78 is 5.31. The lowest BCUT2D eigenvalue weighted by molar-refractivity contribution is -0.113. The number of rotatable bonds is 3. The highest BCUT2D eigenvalue weighted by Gasteiger charge is 2.40. The quantitative estimate of drug-likeness (QED) is 0.867. The molecule has 18 heavy (non-hydrogen) atoms. The van der Waals surface area contributed by atoms with Gasteiger partial charge in [-0.25, -0.2) is 0 Å². The van der Waals surface area contributed by atoms with Gasteiger partial charge in [-0.1, -0.05) is 6.07 Å². The molecule has 2 aliphatic rings. The van der Waals surface area contributed by atoms with Crippen molar-refractivity contribution in [3.05, 3.63) is 23.8 Å². The van der Waals surface area contributed by atoms with Crippen molar-refractivity contribution in [1.29, 1.82) is 0 Å². The number of hydrogen-bond donors (Lipinski definition) is 2. The van der Waals surface area contributed by atoms with Gasteiger partial charge < -0.3 is 15.2 Å². The SMILES string of the molecule is O=C1CSc2ccc(C3(CCO)COC3)cc2N1. The van der Waals surface area contributed by atoms with Crippen molar-refractivity contribution >= 4 is 23.4 Å². The predicted molar refractivity (Wildman–Crippen MR) is 70.0 cm³/mol. The van der Waals surface area contributed by atoms with Crippen molar-refractivity contribution in [1.82, 2.24) is 0 Å². The van der Waals surface area contributed by atoms with E-state index >= 15 is 0 Å². The Labute approximate surface area is 110 Å². The number of amides is 1. The van der Waals surface area contributed by atoms with Crippen molar-refractivity contribution in [2.75, 3.05) is 30.9 Å². The van der Waals surface area contributed by atoms with Crippen LogP contribution in [-0.4, -0.2) is 36.6 Å². The summed E-state index contributed by atoms with van der Waals surface area (Å²) in [5.74, 6) is 0.530. The largest absolute Gasteiger partial charge is 0.396 e. The molecule has 0 unspecified atom stereocenters. The summed E-state index contributed by atoms with van der Waals surface area (Å²) >= 11 is 1.56. The lowest BCUT2D eigenvalue weighted by atomic mass is 9.76. The average Bonchev–Trinajstić information content (AvgIpc) is 2.33. The molecular weight excluding hydrogens is 250 g/mol. The zero-order chi connectivity index (χ0) is 12.6. The first-order chi connectivity index (χ1) is 8.73. The minimum atomic E-state index is -0.0728. The van der Waals surface area contributed by atoms with E-state index < -0.39 is 0 Å². The fourth-order valence-corrected chi connectivity index (χ4v) is 3.22. The maximum Gasteiger partial charge on any atom is 0.234 e. The summed E-state index contributed by atoms with van der Waals surface area (Å²) in [6.07, 6.45) is 0.701. The smallest absolute Gasteiger partial charge is 0.234 e. The Bertz CT molecular complexity index is 485. The fourth-order valence-electron chi connectivity index (χ4n) is 2.43. The monoisotopic (exact) mass is 265 g/mol. The Hall–Kier alpha value is -1.04. The number of thioether (sulfide) groups is 1. The highest BCUT2D eigenvalue weighted by Crippen LogP contribution is 2.40. The molecule has 4 nitrogen and oxygen atoms in total. The van der Waals surface area contributed by atoms with Crippen LogP contribution in [0, 0.1) is 0 Å². The molecular formula is C13H15NO3S. The van der Waals surface area contributed by atoms with Gasteiger partial charge in [0.05, 0.1) is 24.7 Å². The maximum absolute atomic E-state index is 11.4. The van der Waals surface area contributed by atoms with Gasteiger partial charge in [0.15, 0.2) is 0 Å². The number of hydrogen-bond acceptors (Lipinski definition) is 4. The number of carbonyl (C=O) groups excluding carboxylic acids is 1. The molecule has 0 saturated carbocycles. The molecule has 0 spiro atoms. The number of benzene rings is 1. The van der Waals surface area contributed by atoms with Crippen molar-refractivity contribution in [3.8, 4) is 0 Å². The molecule has 0 radical (unpaired) electrons. The van der Waals surface area contributed by atoms with E-state index in [9.17, 15) is 9.90 Å². The topological polar surface area (TPSA) is 58.6 Å². The number of nitrogens with one attached hydrogen (secondary N) is 1. The lowest BCUT2D eigenvalue weighted by Gasteiger charge is -2.42. The van der Waals surface area contributed by atoms with Crippen molar-refractivity contribution in [2.45, 2.75) is 16.7 Å². The summed E-state index contributed by atoms with van der Waals surface area (Å²) in [6.45, 7) is 1.45. The zero-order valence-corrected chi connectivity index (χ0v) is 10.8. The van der Waals surface area contributed by atoms with E-state index in [2.05, 4.69) is 11.4 Å². The maximum atomic E-state index is 11.4. The second-order valence-corrected chi connectivity index (χ2v) is 5.81. The van der Waals surface area contributed by atoms with Crippen LogP contribution in [0.3, 0.4) is 0 Å². The van der Waals surface area contributed by atoms with Crippen molar-refractivity contribution < 1.29 is 14.6 Å². The Balaban J connectivity index is 1.93. The van der Waals surface area contributed by atoms with Gasteiger partial charge in [0.2, 0.25) is 5.91 Å². The summed E-state index contributed by atoms with van der Waals surface area (Å²) in [7, 11) is 0. The third-order valence-corrected chi connectivity index (χ3v) is 4.65. The number of anilines is 1. The molecule has 2 N–H and O–H groups in total. The van der Waals surface area contributed by atoms with Gasteiger partial charge in [-0.15, -0.1) is 11.8 Å². The van der Waals surface area contributed by atoms with Crippen LogP contribution in [0.2, 0.25) is 0 Å². The molecule has 2 heterocycles. The Morgan fingerprint density at radius 3 is 2.94 bits per heavy atom. The molecule has 1 aromatic rings. The molecule has 0 atom stereocenters. The Morgan fingerprint density at radius 2 is 2.28 bits per heavy atom. The first-order valence-corrected chi connectivity index (χ1v) is 6.98. The molecule has 1 aromatic carbocycles. The molecule has 0 aliphatic carbocycles. The number of aliphatic hydroxyl groups excluding tert-OH is 1. The highest BCUT2D eigenvalue weighted by atomic mass is 32.2. The predicted octanol–water partition coefficient (Wildman–Crippen LogP) is 1.38. The molecule has 0 bridgehead atoms. The number of carbonyl (C=O) groups is 1. The third-order valence-electron chi connectivity index (χ3n) is 3.57. The van der Waals surface area contributed by atoms with E-state index in [1.54, 1.807) is 11.8 Å². The second kappa shape index (κ2) is 4.57. The van der Waals surface area contributed by atoms with Gasteiger partial charge in [-0.3, -0.25) is 4.79 Å². The number of ether oxygens (including phenoxy) is 1. The number of aliphatic hydroxyl groups is 1. The van der Waals surface area contributed by atoms with Crippen LogP contribution in [-0.2, 0) is 14.9 Å². The Morgan fingerprint density at radius 1 is 1.44 bits per heavy atom. The lowest BCUT2D eigenvalue weighted by Crippen LogP contribution is -2.47. The van der Waals surface area contributed by atoms with E-state index in [1.165, 1.54) is 0 Å². The van der Waals surface area contributed by atoms with Gasteiger partial charge in [0, 0.05) is 16.9 Å². The highest BCUT2D eigenvalue weighted by molar-refractivity contribution is 8.00. The van der Waals surface area contributed by atoms with E-state index in [-0.39, 0.29) is 17.9 Å². The minimum absolute atomic E-state index is 0.0470. The summed E-state index contributed by atoms with van der Waals surface area (Å²) in [6, 6.07) is 6.16. The first kappa shape index (κ1) is 12.0. The fraction of sp³-hybridized carbons (Fsp3) is 0.462.